The Hall–Kier alpha value is -1.48. The second kappa shape index (κ2) is 8.47. The molecule has 0 bridgehead atoms. The molecule has 0 saturated carbocycles. The molecule has 0 N–H and O–H groups in total. The monoisotopic (exact) mass is 418 g/mol. The molecule has 142 valence electrons. The maximum atomic E-state index is 14.2. The molecule has 5 nitrogen and oxygen atoms in total. The molecule has 1 aromatic heterocycles. The normalized spacial score (nSPS) is 11.8. The van der Waals surface area contributed by atoms with Crippen LogP contribution >= 0.6 is 22.9 Å². The molecule has 1 heterocycles. The fourth-order valence-corrected chi connectivity index (χ4v) is 5.12. The van der Waals surface area contributed by atoms with E-state index in [2.05, 4.69) is 0 Å². The van der Waals surface area contributed by atoms with E-state index in [1.807, 2.05) is 0 Å². The molecule has 26 heavy (non-hydrogen) atoms. The molecule has 0 aliphatic rings. The maximum absolute atomic E-state index is 14.2. The first-order valence-corrected chi connectivity index (χ1v) is 10.6. The molecule has 0 unspecified atom stereocenters. The summed E-state index contributed by atoms with van der Waals surface area (Å²) in [5.74, 6) is -1.35. The van der Waals surface area contributed by atoms with Crippen molar-refractivity contribution < 1.29 is 17.6 Å². The van der Waals surface area contributed by atoms with Crippen molar-refractivity contribution in [3.8, 4) is 0 Å². The lowest BCUT2D eigenvalue weighted by atomic mass is 10.2. The summed E-state index contributed by atoms with van der Waals surface area (Å²) in [5.41, 5.74) is -0.275. The lowest BCUT2D eigenvalue weighted by molar-refractivity contribution is 0.0781. The molecule has 0 fully saturated rings. The number of thiophene rings is 1. The number of nitrogens with zero attached hydrogens (tertiary/aromatic N) is 2. The summed E-state index contributed by atoms with van der Waals surface area (Å²) in [7, 11) is -2.25. The predicted molar refractivity (Wildman–Crippen MR) is 102 cm³/mol. The standard InChI is InChI=1S/C17H20ClFN2O3S2/c1-4-21(5-2)26(23,24)13-7-8-15(19)14(10-13)17(22)20(3)11-12-6-9-16(18)25-12/h6-10H,4-5,11H2,1-3H3. The zero-order chi connectivity index (χ0) is 19.5. The number of carbonyl (C=O) groups is 1. The van der Waals surface area contributed by atoms with E-state index in [9.17, 15) is 17.6 Å². The molecule has 9 heteroatoms. The van der Waals surface area contributed by atoms with Crippen LogP contribution < -0.4 is 0 Å². The van der Waals surface area contributed by atoms with Gasteiger partial charge in [-0.2, -0.15) is 4.31 Å². The summed E-state index contributed by atoms with van der Waals surface area (Å²) in [6.07, 6.45) is 0. The Morgan fingerprint density at radius 1 is 1.19 bits per heavy atom. The first-order valence-electron chi connectivity index (χ1n) is 8.00. The Morgan fingerprint density at radius 2 is 1.85 bits per heavy atom. The minimum absolute atomic E-state index is 0.0986. The topological polar surface area (TPSA) is 57.7 Å². The summed E-state index contributed by atoms with van der Waals surface area (Å²) in [6, 6.07) is 6.80. The molecule has 0 saturated heterocycles. The third-order valence-corrected chi connectivity index (χ3v) is 7.14. The Kier molecular flexibility index (Phi) is 6.79. The Labute approximate surface area is 162 Å². The average Bonchev–Trinajstić information content (AvgIpc) is 3.00. The SMILES string of the molecule is CCN(CC)S(=O)(=O)c1ccc(F)c(C(=O)N(C)Cc2ccc(Cl)s2)c1. The quantitative estimate of drug-likeness (QED) is 0.686. The zero-order valence-electron chi connectivity index (χ0n) is 14.7. The third-order valence-electron chi connectivity index (χ3n) is 3.88. The minimum atomic E-state index is -3.77. The Balaban J connectivity index is 2.32. The van der Waals surface area contributed by atoms with Crippen molar-refractivity contribution in [1.82, 2.24) is 9.21 Å². The van der Waals surface area contributed by atoms with E-state index in [0.29, 0.717) is 17.4 Å². The van der Waals surface area contributed by atoms with Gasteiger partial charge < -0.3 is 4.90 Å². The minimum Gasteiger partial charge on any atom is -0.336 e. The molecule has 2 aromatic rings. The van der Waals surface area contributed by atoms with Gasteiger partial charge in [0.15, 0.2) is 0 Å². The van der Waals surface area contributed by atoms with Crippen molar-refractivity contribution in [2.75, 3.05) is 20.1 Å². The lowest BCUT2D eigenvalue weighted by Crippen LogP contribution is -2.31. The number of benzene rings is 1. The van der Waals surface area contributed by atoms with Gasteiger partial charge >= 0.3 is 0 Å². The van der Waals surface area contributed by atoms with Crippen LogP contribution in [0, 0.1) is 5.82 Å². The van der Waals surface area contributed by atoms with Gasteiger partial charge in [0, 0.05) is 25.0 Å². The van der Waals surface area contributed by atoms with Crippen LogP contribution in [0.15, 0.2) is 35.2 Å². The van der Waals surface area contributed by atoms with Crippen molar-refractivity contribution in [3.63, 3.8) is 0 Å². The molecule has 0 aliphatic carbocycles. The maximum Gasteiger partial charge on any atom is 0.256 e. The van der Waals surface area contributed by atoms with E-state index >= 15 is 0 Å². The van der Waals surface area contributed by atoms with Crippen molar-refractivity contribution in [1.29, 1.82) is 0 Å². The summed E-state index contributed by atoms with van der Waals surface area (Å²) in [6.45, 7) is 4.27. The second-order valence-electron chi connectivity index (χ2n) is 5.60. The van der Waals surface area contributed by atoms with Crippen LogP contribution in [-0.4, -0.2) is 43.7 Å². The van der Waals surface area contributed by atoms with E-state index in [1.54, 1.807) is 26.0 Å². The van der Waals surface area contributed by atoms with Gasteiger partial charge in [0.05, 0.1) is 21.3 Å². The molecule has 2 rings (SSSR count). The lowest BCUT2D eigenvalue weighted by Gasteiger charge is -2.20. The number of rotatable bonds is 7. The second-order valence-corrected chi connectivity index (χ2v) is 9.34. The van der Waals surface area contributed by atoms with E-state index in [0.717, 1.165) is 17.0 Å². The molecular weight excluding hydrogens is 399 g/mol. The van der Waals surface area contributed by atoms with Crippen LogP contribution in [0.5, 0.6) is 0 Å². The van der Waals surface area contributed by atoms with Crippen LogP contribution in [0.2, 0.25) is 4.34 Å². The first kappa shape index (κ1) is 20.8. The molecule has 1 aromatic carbocycles. The smallest absolute Gasteiger partial charge is 0.256 e. The van der Waals surface area contributed by atoms with Gasteiger partial charge in [0.25, 0.3) is 5.91 Å². The van der Waals surface area contributed by atoms with Crippen LogP contribution in [-0.2, 0) is 16.6 Å². The van der Waals surface area contributed by atoms with Gasteiger partial charge in [-0.1, -0.05) is 25.4 Å². The third kappa shape index (κ3) is 4.43. The van der Waals surface area contributed by atoms with E-state index in [-0.39, 0.29) is 17.0 Å². The molecule has 0 radical (unpaired) electrons. The summed E-state index contributed by atoms with van der Waals surface area (Å²) >= 11 is 7.20. The highest BCUT2D eigenvalue weighted by Gasteiger charge is 2.25. The van der Waals surface area contributed by atoms with Gasteiger partial charge in [-0.25, -0.2) is 12.8 Å². The van der Waals surface area contributed by atoms with Crippen molar-refractivity contribution in [2.45, 2.75) is 25.3 Å². The van der Waals surface area contributed by atoms with Crippen LogP contribution in [0.4, 0.5) is 4.39 Å². The first-order chi connectivity index (χ1) is 12.2. The molecule has 0 spiro atoms. The Morgan fingerprint density at radius 3 is 2.38 bits per heavy atom. The summed E-state index contributed by atoms with van der Waals surface area (Å²) in [5, 5.41) is 0. The number of hydrogen-bond donors (Lipinski definition) is 0. The van der Waals surface area contributed by atoms with Gasteiger partial charge in [0.2, 0.25) is 10.0 Å². The molecule has 1 amide bonds. The van der Waals surface area contributed by atoms with Gasteiger partial charge in [-0.3, -0.25) is 4.79 Å². The molecule has 0 atom stereocenters. The summed E-state index contributed by atoms with van der Waals surface area (Å²) < 4.78 is 41.3. The molecule has 0 aliphatic heterocycles. The fraction of sp³-hybridized carbons (Fsp3) is 0.353. The zero-order valence-corrected chi connectivity index (χ0v) is 17.1. The van der Waals surface area contributed by atoms with Crippen molar-refractivity contribution >= 4 is 38.9 Å². The number of amides is 1. The number of carbonyl (C=O) groups excluding carboxylic acids is 1. The highest BCUT2D eigenvalue weighted by molar-refractivity contribution is 7.89. The average molecular weight is 419 g/mol. The van der Waals surface area contributed by atoms with Crippen LogP contribution in [0.3, 0.4) is 0 Å². The highest BCUT2D eigenvalue weighted by Crippen LogP contribution is 2.24. The van der Waals surface area contributed by atoms with Gasteiger partial charge in [-0.15, -0.1) is 11.3 Å². The number of halogens is 2. The van der Waals surface area contributed by atoms with Gasteiger partial charge in [0.1, 0.15) is 5.82 Å². The number of sulfonamides is 1. The molecular formula is C17H20ClFN2O3S2. The van der Waals surface area contributed by atoms with Crippen molar-refractivity contribution in [3.05, 3.63) is 50.9 Å². The fourth-order valence-electron chi connectivity index (χ4n) is 2.49. The van der Waals surface area contributed by atoms with Crippen LogP contribution in [0.1, 0.15) is 29.1 Å². The van der Waals surface area contributed by atoms with E-state index in [1.165, 1.54) is 33.7 Å². The van der Waals surface area contributed by atoms with E-state index < -0.39 is 21.7 Å². The largest absolute Gasteiger partial charge is 0.336 e. The van der Waals surface area contributed by atoms with Crippen LogP contribution in [0.25, 0.3) is 0 Å². The van der Waals surface area contributed by atoms with Gasteiger partial charge in [-0.05, 0) is 30.3 Å². The Bertz CT molecular complexity index is 895. The predicted octanol–water partition coefficient (Wildman–Crippen LogP) is 3.84. The van der Waals surface area contributed by atoms with E-state index in [4.69, 9.17) is 11.6 Å². The highest BCUT2D eigenvalue weighted by atomic mass is 35.5. The van der Waals surface area contributed by atoms with Crippen molar-refractivity contribution in [2.24, 2.45) is 0 Å². The number of hydrogen-bond acceptors (Lipinski definition) is 4. The summed E-state index contributed by atoms with van der Waals surface area (Å²) in [4.78, 5) is 14.7.